The molecule has 4 aromatic rings. The number of halogens is 4. The molecule has 0 unspecified atom stereocenters. The molecule has 0 aliphatic rings. The van der Waals surface area contributed by atoms with E-state index in [1.54, 1.807) is 24.3 Å². The van der Waals surface area contributed by atoms with Crippen molar-refractivity contribution in [1.82, 2.24) is 14.4 Å². The molecule has 0 spiro atoms. The van der Waals surface area contributed by atoms with Gasteiger partial charge in [-0.1, -0.05) is 12.1 Å². The highest BCUT2D eigenvalue weighted by atomic mass is 127. The van der Waals surface area contributed by atoms with Crippen molar-refractivity contribution in [3.8, 4) is 11.3 Å². The summed E-state index contributed by atoms with van der Waals surface area (Å²) in [7, 11) is 0. The molecule has 31 heavy (non-hydrogen) atoms. The zero-order valence-electron chi connectivity index (χ0n) is 15.7. The zero-order valence-corrected chi connectivity index (χ0v) is 17.8. The molecule has 3 aromatic heterocycles. The number of anilines is 1. The molecule has 0 saturated carbocycles. The highest BCUT2D eigenvalue weighted by Crippen LogP contribution is 2.27. The maximum Gasteiger partial charge on any atom is 0.473 e. The number of carbonyl (C=O) groups is 1. The largest absolute Gasteiger partial charge is 0.473 e. The van der Waals surface area contributed by atoms with E-state index in [0.717, 1.165) is 9.22 Å². The fourth-order valence-corrected chi connectivity index (χ4v) is 3.29. The second-order valence-corrected chi connectivity index (χ2v) is 7.67. The summed E-state index contributed by atoms with van der Waals surface area (Å²) in [6, 6.07) is 12.9. The average Bonchev–Trinajstić information content (AvgIpc) is 3.17. The van der Waals surface area contributed by atoms with Crippen LogP contribution < -0.4 is 5.01 Å². The van der Waals surface area contributed by atoms with Crippen molar-refractivity contribution in [1.29, 1.82) is 0 Å². The van der Waals surface area contributed by atoms with Gasteiger partial charge in [-0.05, 0) is 64.6 Å². The molecule has 0 aliphatic heterocycles. The number of imidazole rings is 1. The number of amides is 1. The fraction of sp³-hybridized carbons (Fsp3) is 0.0476. The van der Waals surface area contributed by atoms with Crippen LogP contribution in [0.1, 0.15) is 5.56 Å². The van der Waals surface area contributed by atoms with Gasteiger partial charge in [-0.2, -0.15) is 23.3 Å². The van der Waals surface area contributed by atoms with E-state index >= 15 is 0 Å². The lowest BCUT2D eigenvalue weighted by Crippen LogP contribution is -2.38. The molecule has 0 fully saturated rings. The van der Waals surface area contributed by atoms with E-state index in [1.807, 2.05) is 28.9 Å². The Hall–Kier alpha value is -3.28. The van der Waals surface area contributed by atoms with Crippen molar-refractivity contribution in [2.75, 3.05) is 5.01 Å². The number of carbonyl (C=O) groups excluding carboxylic acids is 1. The number of aromatic nitrogens is 3. The van der Waals surface area contributed by atoms with E-state index in [2.05, 4.69) is 37.7 Å². The lowest BCUT2D eigenvalue weighted by atomic mass is 10.1. The van der Waals surface area contributed by atoms with Gasteiger partial charge in [-0.25, -0.2) is 4.98 Å². The van der Waals surface area contributed by atoms with Gasteiger partial charge in [0.25, 0.3) is 0 Å². The molecule has 6 nitrogen and oxygen atoms in total. The first kappa shape index (κ1) is 21.0. The Bertz CT molecular complexity index is 1250. The summed E-state index contributed by atoms with van der Waals surface area (Å²) in [4.78, 5) is 20.3. The summed E-state index contributed by atoms with van der Waals surface area (Å²) in [6.45, 7) is 0. The van der Waals surface area contributed by atoms with Gasteiger partial charge in [0.05, 0.1) is 17.6 Å². The highest BCUT2D eigenvalue weighted by molar-refractivity contribution is 14.1. The van der Waals surface area contributed by atoms with Gasteiger partial charge in [0.2, 0.25) is 0 Å². The van der Waals surface area contributed by atoms with Crippen LogP contribution >= 0.6 is 22.6 Å². The van der Waals surface area contributed by atoms with E-state index in [4.69, 9.17) is 0 Å². The zero-order chi connectivity index (χ0) is 22.0. The number of pyridine rings is 2. The number of hydrazone groups is 1. The number of hydrogen-bond acceptors (Lipinski definition) is 4. The molecule has 0 atom stereocenters. The quantitative estimate of drug-likeness (QED) is 0.212. The van der Waals surface area contributed by atoms with Crippen molar-refractivity contribution in [3.63, 3.8) is 0 Å². The standard InChI is InChI=1S/C21H13F3IN5O/c22-21(23,24)20(31)30(27-11-14-7-9-26-10-8-14)17-4-1-15(2-5-17)18-13-29-12-16(25)3-6-19(29)28-18/h1-13H/b27-11+. The molecule has 3 heterocycles. The van der Waals surface area contributed by atoms with Crippen molar-refractivity contribution in [2.24, 2.45) is 5.10 Å². The van der Waals surface area contributed by atoms with Gasteiger partial charge in [0, 0.05) is 33.9 Å². The summed E-state index contributed by atoms with van der Waals surface area (Å²) < 4.78 is 42.3. The third-order valence-corrected chi connectivity index (χ3v) is 4.92. The van der Waals surface area contributed by atoms with Crippen LogP contribution in [0.3, 0.4) is 0 Å². The smallest absolute Gasteiger partial charge is 0.305 e. The first-order valence-electron chi connectivity index (χ1n) is 8.91. The van der Waals surface area contributed by atoms with E-state index in [0.29, 0.717) is 21.8 Å². The van der Waals surface area contributed by atoms with Gasteiger partial charge in [-0.15, -0.1) is 0 Å². The molecular formula is C21H13F3IN5O. The van der Waals surface area contributed by atoms with Gasteiger partial charge in [-0.3, -0.25) is 9.78 Å². The van der Waals surface area contributed by atoms with Gasteiger partial charge in [0.1, 0.15) is 5.65 Å². The van der Waals surface area contributed by atoms with E-state index in [-0.39, 0.29) is 5.69 Å². The molecule has 0 radical (unpaired) electrons. The predicted octanol–water partition coefficient (Wildman–Crippen LogP) is 4.93. The second kappa shape index (κ2) is 8.46. The topological polar surface area (TPSA) is 62.9 Å². The second-order valence-electron chi connectivity index (χ2n) is 6.43. The molecular weight excluding hydrogens is 522 g/mol. The maximum absolute atomic E-state index is 13.1. The van der Waals surface area contributed by atoms with Gasteiger partial charge < -0.3 is 4.40 Å². The Labute approximate surface area is 188 Å². The number of nitrogens with zero attached hydrogens (tertiary/aromatic N) is 5. The van der Waals surface area contributed by atoms with Crippen LogP contribution in [0.15, 0.2) is 78.4 Å². The van der Waals surface area contributed by atoms with Crippen LogP contribution in [0.25, 0.3) is 16.9 Å². The monoisotopic (exact) mass is 535 g/mol. The van der Waals surface area contributed by atoms with E-state index < -0.39 is 12.1 Å². The molecule has 1 aromatic carbocycles. The lowest BCUT2D eigenvalue weighted by molar-refractivity contribution is -0.170. The Morgan fingerprint density at radius 2 is 1.74 bits per heavy atom. The molecule has 0 N–H and O–H groups in total. The molecule has 0 bridgehead atoms. The fourth-order valence-electron chi connectivity index (χ4n) is 2.81. The number of alkyl halides is 3. The minimum absolute atomic E-state index is 0.0188. The summed E-state index contributed by atoms with van der Waals surface area (Å²) >= 11 is 2.19. The number of hydrogen-bond donors (Lipinski definition) is 0. The normalized spacial score (nSPS) is 11.9. The minimum atomic E-state index is -5.08. The molecule has 156 valence electrons. The molecule has 4 rings (SSSR count). The maximum atomic E-state index is 13.1. The van der Waals surface area contributed by atoms with Gasteiger partial charge >= 0.3 is 12.1 Å². The summed E-state index contributed by atoms with van der Waals surface area (Å²) in [5.74, 6) is -2.09. The Kier molecular flexibility index (Phi) is 5.72. The van der Waals surface area contributed by atoms with Crippen molar-refractivity contribution >= 4 is 46.0 Å². The molecule has 1 amide bonds. The summed E-state index contributed by atoms with van der Waals surface area (Å²) in [5.41, 5.74) is 2.58. The molecule has 0 aliphatic carbocycles. The third kappa shape index (κ3) is 4.74. The minimum Gasteiger partial charge on any atom is -0.305 e. The Morgan fingerprint density at radius 3 is 2.42 bits per heavy atom. The Morgan fingerprint density at radius 1 is 1.03 bits per heavy atom. The first-order valence-corrected chi connectivity index (χ1v) is 9.99. The number of fused-ring (bicyclic) bond motifs is 1. The van der Waals surface area contributed by atoms with E-state index in [9.17, 15) is 18.0 Å². The third-order valence-electron chi connectivity index (χ3n) is 4.29. The highest BCUT2D eigenvalue weighted by Gasteiger charge is 2.43. The van der Waals surface area contributed by atoms with Crippen LogP contribution in [0, 0.1) is 3.57 Å². The van der Waals surface area contributed by atoms with Crippen LogP contribution in [0.2, 0.25) is 0 Å². The number of rotatable bonds is 4. The molecule has 10 heteroatoms. The SMILES string of the molecule is O=C(N(/N=C/c1ccncc1)c1ccc(-c2cn3cc(I)ccc3n2)cc1)C(F)(F)F. The average molecular weight is 535 g/mol. The number of benzene rings is 1. The lowest BCUT2D eigenvalue weighted by Gasteiger charge is -2.18. The predicted molar refractivity (Wildman–Crippen MR) is 119 cm³/mol. The van der Waals surface area contributed by atoms with E-state index in [1.165, 1.54) is 30.7 Å². The summed E-state index contributed by atoms with van der Waals surface area (Å²) in [6.07, 6.45) is 2.78. The van der Waals surface area contributed by atoms with Crippen molar-refractivity contribution in [3.05, 3.63) is 82.5 Å². The first-order chi connectivity index (χ1) is 14.8. The van der Waals surface area contributed by atoms with Crippen LogP contribution in [0.5, 0.6) is 0 Å². The van der Waals surface area contributed by atoms with Crippen LogP contribution in [0.4, 0.5) is 18.9 Å². The summed E-state index contributed by atoms with van der Waals surface area (Å²) in [5, 5.41) is 4.10. The Balaban J connectivity index is 1.66. The van der Waals surface area contributed by atoms with Gasteiger partial charge in [0.15, 0.2) is 0 Å². The van der Waals surface area contributed by atoms with Crippen molar-refractivity contribution < 1.29 is 18.0 Å². The van der Waals surface area contributed by atoms with Crippen LogP contribution in [-0.2, 0) is 4.79 Å². The molecule has 0 saturated heterocycles. The van der Waals surface area contributed by atoms with Crippen molar-refractivity contribution in [2.45, 2.75) is 6.18 Å². The van der Waals surface area contributed by atoms with Crippen LogP contribution in [-0.4, -0.2) is 32.7 Å².